The maximum Gasteiger partial charge on any atom is 0.0588 e. The summed E-state index contributed by atoms with van der Waals surface area (Å²) in [6.45, 7) is 3.98. The summed E-state index contributed by atoms with van der Waals surface area (Å²) in [6.07, 6.45) is 1.26. The molecular formula is C13H16ClNO. The highest BCUT2D eigenvalue weighted by molar-refractivity contribution is 6.30. The van der Waals surface area contributed by atoms with Gasteiger partial charge in [0.15, 0.2) is 0 Å². The van der Waals surface area contributed by atoms with Crippen molar-refractivity contribution in [3.8, 4) is 0 Å². The number of halogens is 1. The van der Waals surface area contributed by atoms with Crippen molar-refractivity contribution in [2.75, 3.05) is 26.3 Å². The molecule has 3 rings (SSSR count). The van der Waals surface area contributed by atoms with Gasteiger partial charge < -0.3 is 10.1 Å². The second-order valence-electron chi connectivity index (χ2n) is 4.85. The van der Waals surface area contributed by atoms with Crippen LogP contribution in [0.2, 0.25) is 5.02 Å². The molecule has 0 aromatic heterocycles. The van der Waals surface area contributed by atoms with Crippen LogP contribution in [0.3, 0.4) is 0 Å². The van der Waals surface area contributed by atoms with Crippen LogP contribution in [0, 0.1) is 5.92 Å². The third-order valence-electron chi connectivity index (χ3n) is 3.98. The van der Waals surface area contributed by atoms with E-state index in [-0.39, 0.29) is 5.41 Å². The lowest BCUT2D eigenvalue weighted by molar-refractivity contribution is -0.0869. The van der Waals surface area contributed by atoms with Gasteiger partial charge in [-0.2, -0.15) is 0 Å². The Kier molecular flexibility index (Phi) is 2.66. The predicted octanol–water partition coefficient (Wildman–Crippen LogP) is 2.22. The molecule has 2 aliphatic rings. The molecule has 1 aromatic rings. The van der Waals surface area contributed by atoms with Crippen LogP contribution in [-0.2, 0) is 10.2 Å². The van der Waals surface area contributed by atoms with E-state index in [4.69, 9.17) is 16.3 Å². The molecule has 16 heavy (non-hydrogen) atoms. The minimum absolute atomic E-state index is 0.244. The van der Waals surface area contributed by atoms with Gasteiger partial charge in [-0.15, -0.1) is 0 Å². The van der Waals surface area contributed by atoms with Crippen LogP contribution in [0.1, 0.15) is 12.0 Å². The second-order valence-corrected chi connectivity index (χ2v) is 5.28. The van der Waals surface area contributed by atoms with Crippen LogP contribution in [0.5, 0.6) is 0 Å². The largest absolute Gasteiger partial charge is 0.379 e. The highest BCUT2D eigenvalue weighted by Crippen LogP contribution is 2.42. The molecule has 2 nitrogen and oxygen atoms in total. The van der Waals surface area contributed by atoms with Crippen molar-refractivity contribution in [1.82, 2.24) is 5.32 Å². The Morgan fingerprint density at radius 2 is 2.00 bits per heavy atom. The second kappa shape index (κ2) is 4.02. The summed E-state index contributed by atoms with van der Waals surface area (Å²) >= 11 is 5.94. The van der Waals surface area contributed by atoms with Crippen molar-refractivity contribution >= 4 is 11.6 Å². The lowest BCUT2D eigenvalue weighted by Gasteiger charge is -2.46. The SMILES string of the molecule is Clc1ccc(C2(C3CCNC3)COC2)cc1. The lowest BCUT2D eigenvalue weighted by Crippen LogP contribution is -2.53. The first-order valence-electron chi connectivity index (χ1n) is 5.86. The monoisotopic (exact) mass is 237 g/mol. The van der Waals surface area contributed by atoms with E-state index in [0.29, 0.717) is 5.92 Å². The molecule has 2 heterocycles. The molecule has 2 aliphatic heterocycles. The number of hydrogen-bond donors (Lipinski definition) is 1. The van der Waals surface area contributed by atoms with Crippen molar-refractivity contribution in [3.63, 3.8) is 0 Å². The van der Waals surface area contributed by atoms with E-state index in [2.05, 4.69) is 17.4 Å². The zero-order valence-electron chi connectivity index (χ0n) is 9.21. The van der Waals surface area contributed by atoms with Gasteiger partial charge >= 0.3 is 0 Å². The van der Waals surface area contributed by atoms with E-state index in [9.17, 15) is 0 Å². The van der Waals surface area contributed by atoms with Crippen LogP contribution in [0.4, 0.5) is 0 Å². The Labute approximate surface area is 101 Å². The average Bonchev–Trinajstić information content (AvgIpc) is 2.73. The van der Waals surface area contributed by atoms with Crippen LogP contribution >= 0.6 is 11.6 Å². The zero-order valence-corrected chi connectivity index (χ0v) is 9.96. The molecule has 0 aliphatic carbocycles. The summed E-state index contributed by atoms with van der Waals surface area (Å²) in [4.78, 5) is 0. The van der Waals surface area contributed by atoms with E-state index >= 15 is 0 Å². The number of benzene rings is 1. The summed E-state index contributed by atoms with van der Waals surface area (Å²) in [5.74, 6) is 0.711. The van der Waals surface area contributed by atoms with E-state index < -0.39 is 0 Å². The van der Waals surface area contributed by atoms with Crippen LogP contribution in [0.25, 0.3) is 0 Å². The summed E-state index contributed by atoms with van der Waals surface area (Å²) in [7, 11) is 0. The molecule has 2 saturated heterocycles. The molecule has 1 aromatic carbocycles. The Balaban J connectivity index is 1.91. The molecule has 1 unspecified atom stereocenters. The summed E-state index contributed by atoms with van der Waals surface area (Å²) in [5, 5.41) is 4.25. The van der Waals surface area contributed by atoms with Gasteiger partial charge in [0.25, 0.3) is 0 Å². The van der Waals surface area contributed by atoms with Gasteiger partial charge in [0.05, 0.1) is 13.2 Å². The molecule has 2 fully saturated rings. The lowest BCUT2D eigenvalue weighted by atomic mass is 9.68. The molecule has 3 heteroatoms. The Morgan fingerprint density at radius 3 is 2.50 bits per heavy atom. The number of hydrogen-bond acceptors (Lipinski definition) is 2. The van der Waals surface area contributed by atoms with Crippen molar-refractivity contribution in [2.24, 2.45) is 5.92 Å². The minimum atomic E-state index is 0.244. The van der Waals surface area contributed by atoms with Crippen molar-refractivity contribution in [3.05, 3.63) is 34.9 Å². The molecule has 0 spiro atoms. The van der Waals surface area contributed by atoms with E-state index in [1.165, 1.54) is 12.0 Å². The molecule has 0 amide bonds. The van der Waals surface area contributed by atoms with E-state index in [0.717, 1.165) is 31.3 Å². The van der Waals surface area contributed by atoms with Crippen LogP contribution in [0.15, 0.2) is 24.3 Å². The third kappa shape index (κ3) is 1.56. The van der Waals surface area contributed by atoms with Gasteiger partial charge in [0.2, 0.25) is 0 Å². The van der Waals surface area contributed by atoms with Crippen molar-refractivity contribution < 1.29 is 4.74 Å². The predicted molar refractivity (Wildman–Crippen MR) is 64.9 cm³/mol. The van der Waals surface area contributed by atoms with Crippen molar-refractivity contribution in [1.29, 1.82) is 0 Å². The van der Waals surface area contributed by atoms with Gasteiger partial charge in [-0.1, -0.05) is 23.7 Å². The minimum Gasteiger partial charge on any atom is -0.379 e. The molecule has 0 radical (unpaired) electrons. The first-order valence-corrected chi connectivity index (χ1v) is 6.24. The van der Waals surface area contributed by atoms with Gasteiger partial charge in [0, 0.05) is 10.4 Å². The fraction of sp³-hybridized carbons (Fsp3) is 0.538. The molecule has 0 bridgehead atoms. The first kappa shape index (κ1) is 10.6. The summed E-state index contributed by atoms with van der Waals surface area (Å²) in [6, 6.07) is 8.28. The van der Waals surface area contributed by atoms with Gasteiger partial charge in [-0.05, 0) is 43.1 Å². The Bertz CT molecular complexity index is 366. The molecule has 1 atom stereocenters. The maximum atomic E-state index is 5.94. The quantitative estimate of drug-likeness (QED) is 0.852. The van der Waals surface area contributed by atoms with E-state index in [1.807, 2.05) is 12.1 Å². The van der Waals surface area contributed by atoms with Gasteiger partial charge in [0.1, 0.15) is 0 Å². The smallest absolute Gasteiger partial charge is 0.0588 e. The van der Waals surface area contributed by atoms with Crippen LogP contribution in [-0.4, -0.2) is 26.3 Å². The molecule has 0 saturated carbocycles. The highest BCUT2D eigenvalue weighted by Gasteiger charge is 2.47. The topological polar surface area (TPSA) is 21.3 Å². The summed E-state index contributed by atoms with van der Waals surface area (Å²) < 4.78 is 5.47. The zero-order chi connectivity index (χ0) is 11.0. The fourth-order valence-electron chi connectivity index (χ4n) is 2.87. The van der Waals surface area contributed by atoms with Crippen LogP contribution < -0.4 is 5.32 Å². The van der Waals surface area contributed by atoms with Gasteiger partial charge in [-0.3, -0.25) is 0 Å². The number of nitrogens with one attached hydrogen (secondary N) is 1. The standard InChI is InChI=1S/C13H16ClNO/c14-12-3-1-10(2-4-12)13(8-16-9-13)11-5-6-15-7-11/h1-4,11,15H,5-9H2. The Hall–Kier alpha value is -0.570. The summed E-state index contributed by atoms with van der Waals surface area (Å²) in [5.41, 5.74) is 1.63. The molecular weight excluding hydrogens is 222 g/mol. The average molecular weight is 238 g/mol. The molecule has 1 N–H and O–H groups in total. The normalized spacial score (nSPS) is 27.7. The maximum absolute atomic E-state index is 5.94. The number of ether oxygens (including phenoxy) is 1. The highest BCUT2D eigenvalue weighted by atomic mass is 35.5. The van der Waals surface area contributed by atoms with Crippen molar-refractivity contribution in [2.45, 2.75) is 11.8 Å². The fourth-order valence-corrected chi connectivity index (χ4v) is 2.99. The Morgan fingerprint density at radius 1 is 1.25 bits per heavy atom. The first-order chi connectivity index (χ1) is 7.81. The number of rotatable bonds is 2. The molecule has 86 valence electrons. The van der Waals surface area contributed by atoms with E-state index in [1.54, 1.807) is 0 Å². The van der Waals surface area contributed by atoms with Gasteiger partial charge in [-0.25, -0.2) is 0 Å². The third-order valence-corrected chi connectivity index (χ3v) is 4.23.